The summed E-state index contributed by atoms with van der Waals surface area (Å²) in [7, 11) is 0. The average Bonchev–Trinajstić information content (AvgIpc) is 2.48. The van der Waals surface area contributed by atoms with Crippen molar-refractivity contribution in [3.05, 3.63) is 65.2 Å². The number of para-hydroxylation sites is 1. The summed E-state index contributed by atoms with van der Waals surface area (Å²) in [6, 6.07) is 10.6. The van der Waals surface area contributed by atoms with Crippen molar-refractivity contribution in [3.8, 4) is 5.75 Å². The monoisotopic (exact) mass is 291 g/mol. The zero-order valence-electron chi connectivity index (χ0n) is 11.5. The Balaban J connectivity index is 1.82. The Labute approximate surface area is 121 Å². The Bertz CT molecular complexity index is 644. The summed E-state index contributed by atoms with van der Waals surface area (Å²) in [5.41, 5.74) is 1.08. The molecule has 2 aromatic rings. The molecule has 1 amide bonds. The van der Waals surface area contributed by atoms with Crippen LogP contribution in [-0.2, 0) is 0 Å². The molecule has 0 spiro atoms. The van der Waals surface area contributed by atoms with Gasteiger partial charge in [-0.15, -0.1) is 0 Å². The first kappa shape index (κ1) is 15.0. The Kier molecular flexibility index (Phi) is 4.87. The number of aryl methyl sites for hydroxylation is 1. The van der Waals surface area contributed by atoms with E-state index in [1.54, 1.807) is 0 Å². The van der Waals surface area contributed by atoms with E-state index in [-0.39, 0.29) is 12.1 Å². The van der Waals surface area contributed by atoms with Crippen LogP contribution in [0.1, 0.15) is 15.9 Å². The number of hydrogen-bond donors (Lipinski definition) is 1. The SMILES string of the molecule is Cc1ccccc1OCCNC(=O)c1ccc(F)c(F)c1. The lowest BCUT2D eigenvalue weighted by molar-refractivity contribution is 0.0946. The van der Waals surface area contributed by atoms with Gasteiger partial charge in [-0.3, -0.25) is 4.79 Å². The minimum Gasteiger partial charge on any atom is -0.491 e. The van der Waals surface area contributed by atoms with Crippen LogP contribution in [0.15, 0.2) is 42.5 Å². The highest BCUT2D eigenvalue weighted by Crippen LogP contribution is 2.15. The second-order valence-electron chi connectivity index (χ2n) is 4.50. The molecule has 3 nitrogen and oxygen atoms in total. The third-order valence-corrected chi connectivity index (χ3v) is 2.92. The summed E-state index contributed by atoms with van der Waals surface area (Å²) in [6.45, 7) is 2.49. The number of rotatable bonds is 5. The molecule has 21 heavy (non-hydrogen) atoms. The van der Waals surface area contributed by atoms with Crippen molar-refractivity contribution in [1.29, 1.82) is 0 Å². The molecule has 0 aliphatic heterocycles. The van der Waals surface area contributed by atoms with Gasteiger partial charge in [-0.05, 0) is 36.8 Å². The molecule has 110 valence electrons. The highest BCUT2D eigenvalue weighted by atomic mass is 19.2. The first-order chi connectivity index (χ1) is 10.1. The van der Waals surface area contributed by atoms with Crippen molar-refractivity contribution in [2.24, 2.45) is 0 Å². The summed E-state index contributed by atoms with van der Waals surface area (Å²) in [5, 5.41) is 2.58. The number of hydrogen-bond acceptors (Lipinski definition) is 2. The molecular formula is C16H15F2NO2. The van der Waals surface area contributed by atoms with E-state index >= 15 is 0 Å². The van der Waals surface area contributed by atoms with Crippen LogP contribution in [0, 0.1) is 18.6 Å². The maximum Gasteiger partial charge on any atom is 0.251 e. The van der Waals surface area contributed by atoms with Crippen molar-refractivity contribution in [2.45, 2.75) is 6.92 Å². The quantitative estimate of drug-likeness (QED) is 0.860. The van der Waals surface area contributed by atoms with Gasteiger partial charge in [-0.1, -0.05) is 18.2 Å². The number of halogens is 2. The summed E-state index contributed by atoms with van der Waals surface area (Å²) < 4.78 is 31.3. The van der Waals surface area contributed by atoms with Crippen LogP contribution in [0.2, 0.25) is 0 Å². The van der Waals surface area contributed by atoms with Crippen molar-refractivity contribution < 1.29 is 18.3 Å². The van der Waals surface area contributed by atoms with Crippen molar-refractivity contribution in [2.75, 3.05) is 13.2 Å². The van der Waals surface area contributed by atoms with Crippen molar-refractivity contribution in [1.82, 2.24) is 5.32 Å². The van der Waals surface area contributed by atoms with Gasteiger partial charge < -0.3 is 10.1 Å². The van der Waals surface area contributed by atoms with E-state index in [2.05, 4.69) is 5.32 Å². The molecule has 2 rings (SSSR count). The molecule has 5 heteroatoms. The van der Waals surface area contributed by atoms with Gasteiger partial charge in [0.2, 0.25) is 0 Å². The van der Waals surface area contributed by atoms with Crippen LogP contribution in [0.3, 0.4) is 0 Å². The maximum absolute atomic E-state index is 13.0. The minimum atomic E-state index is -1.04. The Morgan fingerprint density at radius 2 is 1.90 bits per heavy atom. The zero-order valence-corrected chi connectivity index (χ0v) is 11.5. The van der Waals surface area contributed by atoms with Crippen LogP contribution in [0.25, 0.3) is 0 Å². The molecule has 2 aromatic carbocycles. The van der Waals surface area contributed by atoms with Crippen LogP contribution >= 0.6 is 0 Å². The standard InChI is InChI=1S/C16H15F2NO2/c1-11-4-2-3-5-15(11)21-9-8-19-16(20)12-6-7-13(17)14(18)10-12/h2-7,10H,8-9H2,1H3,(H,19,20). The second-order valence-corrected chi connectivity index (χ2v) is 4.50. The summed E-state index contributed by atoms with van der Waals surface area (Å²) in [5.74, 6) is -1.74. The predicted octanol–water partition coefficient (Wildman–Crippen LogP) is 3.08. The molecule has 0 aromatic heterocycles. The Morgan fingerprint density at radius 1 is 1.14 bits per heavy atom. The van der Waals surface area contributed by atoms with E-state index < -0.39 is 17.5 Å². The normalized spacial score (nSPS) is 10.2. The van der Waals surface area contributed by atoms with Crippen LogP contribution in [0.5, 0.6) is 5.75 Å². The molecule has 0 saturated heterocycles. The Hall–Kier alpha value is -2.43. The van der Waals surface area contributed by atoms with E-state index in [0.717, 1.165) is 23.4 Å². The smallest absolute Gasteiger partial charge is 0.251 e. The fourth-order valence-electron chi connectivity index (χ4n) is 1.78. The zero-order chi connectivity index (χ0) is 15.2. The van der Waals surface area contributed by atoms with Gasteiger partial charge in [0.1, 0.15) is 12.4 Å². The van der Waals surface area contributed by atoms with Gasteiger partial charge in [0.15, 0.2) is 11.6 Å². The van der Waals surface area contributed by atoms with Crippen LogP contribution in [0.4, 0.5) is 8.78 Å². The maximum atomic E-state index is 13.0. The molecule has 0 aliphatic rings. The van der Waals surface area contributed by atoms with Crippen LogP contribution < -0.4 is 10.1 Å². The van der Waals surface area contributed by atoms with Crippen molar-refractivity contribution in [3.63, 3.8) is 0 Å². The third-order valence-electron chi connectivity index (χ3n) is 2.92. The highest BCUT2D eigenvalue weighted by Gasteiger charge is 2.09. The fourth-order valence-corrected chi connectivity index (χ4v) is 1.78. The minimum absolute atomic E-state index is 0.0739. The van der Waals surface area contributed by atoms with Gasteiger partial charge in [-0.2, -0.15) is 0 Å². The molecule has 1 N–H and O–H groups in total. The van der Waals surface area contributed by atoms with Gasteiger partial charge in [0.25, 0.3) is 5.91 Å². The van der Waals surface area contributed by atoms with Gasteiger partial charge in [-0.25, -0.2) is 8.78 Å². The molecule has 0 saturated carbocycles. The van der Waals surface area contributed by atoms with Gasteiger partial charge in [0, 0.05) is 5.56 Å². The lowest BCUT2D eigenvalue weighted by atomic mass is 10.2. The molecule has 0 atom stereocenters. The number of ether oxygens (including phenoxy) is 1. The fraction of sp³-hybridized carbons (Fsp3) is 0.188. The second kappa shape index (κ2) is 6.83. The lowest BCUT2D eigenvalue weighted by Gasteiger charge is -2.09. The molecule has 0 unspecified atom stereocenters. The topological polar surface area (TPSA) is 38.3 Å². The first-order valence-corrected chi connectivity index (χ1v) is 6.49. The van der Waals surface area contributed by atoms with E-state index in [4.69, 9.17) is 4.74 Å². The summed E-state index contributed by atoms with van der Waals surface area (Å²) >= 11 is 0. The average molecular weight is 291 g/mol. The molecule has 0 bridgehead atoms. The molecule has 0 aliphatic carbocycles. The van der Waals surface area contributed by atoms with Crippen LogP contribution in [-0.4, -0.2) is 19.1 Å². The summed E-state index contributed by atoms with van der Waals surface area (Å²) in [6.07, 6.45) is 0. The number of amides is 1. The predicted molar refractivity (Wildman–Crippen MR) is 75.4 cm³/mol. The lowest BCUT2D eigenvalue weighted by Crippen LogP contribution is -2.28. The highest BCUT2D eigenvalue weighted by molar-refractivity contribution is 5.94. The van der Waals surface area contributed by atoms with Crippen molar-refractivity contribution >= 4 is 5.91 Å². The number of carbonyl (C=O) groups is 1. The molecule has 0 radical (unpaired) electrons. The molecule has 0 fully saturated rings. The largest absolute Gasteiger partial charge is 0.491 e. The number of benzene rings is 2. The van der Waals surface area contributed by atoms with E-state index in [1.807, 2.05) is 31.2 Å². The van der Waals surface area contributed by atoms with E-state index in [1.165, 1.54) is 6.07 Å². The summed E-state index contributed by atoms with van der Waals surface area (Å²) in [4.78, 5) is 11.7. The number of carbonyl (C=O) groups excluding carboxylic acids is 1. The third kappa shape index (κ3) is 4.02. The van der Waals surface area contributed by atoms with Gasteiger partial charge >= 0.3 is 0 Å². The molecular weight excluding hydrogens is 276 g/mol. The first-order valence-electron chi connectivity index (χ1n) is 6.49. The Morgan fingerprint density at radius 3 is 2.62 bits per heavy atom. The van der Waals surface area contributed by atoms with E-state index in [9.17, 15) is 13.6 Å². The van der Waals surface area contributed by atoms with Gasteiger partial charge in [0.05, 0.1) is 6.54 Å². The number of nitrogens with one attached hydrogen (secondary N) is 1. The molecule has 0 heterocycles. The van der Waals surface area contributed by atoms with E-state index in [0.29, 0.717) is 6.61 Å².